The van der Waals surface area contributed by atoms with Gasteiger partial charge in [-0.3, -0.25) is 9.48 Å². The second-order valence-electron chi connectivity index (χ2n) is 2.39. The van der Waals surface area contributed by atoms with Gasteiger partial charge in [0.05, 0.1) is 6.54 Å². The fraction of sp³-hybridized carbons (Fsp3) is 0.250. The number of hydrogen-bond donors (Lipinski definition) is 1. The number of rotatable bonds is 3. The van der Waals surface area contributed by atoms with Crippen molar-refractivity contribution in [3.63, 3.8) is 0 Å². The molecule has 0 saturated carbocycles. The first-order valence-electron chi connectivity index (χ1n) is 3.61. The lowest BCUT2D eigenvalue weighted by Crippen LogP contribution is -2.22. The number of amides is 1. The minimum Gasteiger partial charge on any atom is -0.355 e. The van der Waals surface area contributed by atoms with Crippen LogP contribution in [0, 0.1) is 0 Å². The van der Waals surface area contributed by atoms with Crippen molar-refractivity contribution in [1.29, 1.82) is 0 Å². The predicted molar refractivity (Wildman–Crippen MR) is 45.4 cm³/mol. The number of likely N-dealkylation sites (N-methyl/N-ethyl adjacent to an activating group) is 1. The highest BCUT2D eigenvalue weighted by atomic mass is 16.1. The van der Waals surface area contributed by atoms with Crippen molar-refractivity contribution in [3.8, 4) is 0 Å². The summed E-state index contributed by atoms with van der Waals surface area (Å²) in [6.07, 6.45) is 3.45. The third-order valence-corrected chi connectivity index (χ3v) is 1.46. The first kappa shape index (κ1) is 8.52. The summed E-state index contributed by atoms with van der Waals surface area (Å²) in [5.41, 5.74) is 0.501. The highest BCUT2D eigenvalue weighted by Crippen LogP contribution is 1.95. The standard InChI is InChI=1S/C8H11N3O/c1-7(8(12)9-2)6-11-5-3-4-10-11/h3-5H,1,6H2,2H3,(H,9,12). The summed E-state index contributed by atoms with van der Waals surface area (Å²) in [7, 11) is 1.58. The van der Waals surface area contributed by atoms with Crippen LogP contribution in [0.2, 0.25) is 0 Å². The molecule has 1 heterocycles. The molecule has 1 N–H and O–H groups in total. The Labute approximate surface area is 70.9 Å². The average Bonchev–Trinajstić information content (AvgIpc) is 2.55. The molecule has 1 rings (SSSR count). The zero-order valence-corrected chi connectivity index (χ0v) is 6.95. The average molecular weight is 165 g/mol. The Morgan fingerprint density at radius 3 is 3.00 bits per heavy atom. The minimum atomic E-state index is -0.148. The maximum atomic E-state index is 11.0. The Morgan fingerprint density at radius 1 is 1.75 bits per heavy atom. The van der Waals surface area contributed by atoms with Gasteiger partial charge in [-0.2, -0.15) is 5.10 Å². The van der Waals surface area contributed by atoms with E-state index in [0.717, 1.165) is 0 Å². The van der Waals surface area contributed by atoms with E-state index < -0.39 is 0 Å². The summed E-state index contributed by atoms with van der Waals surface area (Å²) in [6, 6.07) is 1.80. The van der Waals surface area contributed by atoms with E-state index in [-0.39, 0.29) is 5.91 Å². The molecule has 1 amide bonds. The van der Waals surface area contributed by atoms with Gasteiger partial charge in [0.1, 0.15) is 0 Å². The van der Waals surface area contributed by atoms with Gasteiger partial charge in [0.25, 0.3) is 0 Å². The normalized spacial score (nSPS) is 9.42. The Hall–Kier alpha value is -1.58. The molecule has 0 aromatic carbocycles. The van der Waals surface area contributed by atoms with E-state index >= 15 is 0 Å². The topological polar surface area (TPSA) is 46.9 Å². The Kier molecular flexibility index (Phi) is 2.63. The van der Waals surface area contributed by atoms with Crippen molar-refractivity contribution in [1.82, 2.24) is 15.1 Å². The second-order valence-corrected chi connectivity index (χ2v) is 2.39. The van der Waals surface area contributed by atoms with Gasteiger partial charge in [-0.25, -0.2) is 0 Å². The minimum absolute atomic E-state index is 0.148. The van der Waals surface area contributed by atoms with E-state index in [4.69, 9.17) is 0 Å². The summed E-state index contributed by atoms with van der Waals surface area (Å²) in [5, 5.41) is 6.45. The third kappa shape index (κ3) is 1.95. The second kappa shape index (κ2) is 3.71. The van der Waals surface area contributed by atoms with Gasteiger partial charge in [0.15, 0.2) is 0 Å². The summed E-state index contributed by atoms with van der Waals surface area (Å²) < 4.78 is 1.65. The first-order chi connectivity index (χ1) is 5.74. The van der Waals surface area contributed by atoms with Crippen LogP contribution in [0.25, 0.3) is 0 Å². The molecular weight excluding hydrogens is 154 g/mol. The monoisotopic (exact) mass is 165 g/mol. The van der Waals surface area contributed by atoms with Crippen molar-refractivity contribution in [2.75, 3.05) is 7.05 Å². The summed E-state index contributed by atoms with van der Waals surface area (Å²) in [6.45, 7) is 4.06. The Morgan fingerprint density at radius 2 is 2.50 bits per heavy atom. The molecule has 1 aromatic heterocycles. The molecule has 0 saturated heterocycles. The van der Waals surface area contributed by atoms with Crippen molar-refractivity contribution < 1.29 is 4.79 Å². The van der Waals surface area contributed by atoms with Crippen LogP contribution in [0.15, 0.2) is 30.6 Å². The number of carbonyl (C=O) groups excluding carboxylic acids is 1. The molecule has 0 unspecified atom stereocenters. The van der Waals surface area contributed by atoms with E-state index in [0.29, 0.717) is 12.1 Å². The van der Waals surface area contributed by atoms with E-state index in [1.54, 1.807) is 30.2 Å². The van der Waals surface area contributed by atoms with Crippen molar-refractivity contribution >= 4 is 5.91 Å². The third-order valence-electron chi connectivity index (χ3n) is 1.46. The van der Waals surface area contributed by atoms with E-state index in [1.165, 1.54) is 0 Å². The van der Waals surface area contributed by atoms with Gasteiger partial charge in [-0.1, -0.05) is 6.58 Å². The molecular formula is C8H11N3O. The van der Waals surface area contributed by atoms with Crippen LogP contribution in [0.4, 0.5) is 0 Å². The molecule has 4 heteroatoms. The molecule has 1 aromatic rings. The van der Waals surface area contributed by atoms with Crippen LogP contribution < -0.4 is 5.32 Å². The fourth-order valence-electron chi connectivity index (χ4n) is 0.838. The maximum Gasteiger partial charge on any atom is 0.248 e. The lowest BCUT2D eigenvalue weighted by atomic mass is 10.3. The fourth-order valence-corrected chi connectivity index (χ4v) is 0.838. The van der Waals surface area contributed by atoms with Gasteiger partial charge >= 0.3 is 0 Å². The smallest absolute Gasteiger partial charge is 0.248 e. The largest absolute Gasteiger partial charge is 0.355 e. The number of carbonyl (C=O) groups is 1. The first-order valence-corrected chi connectivity index (χ1v) is 3.61. The van der Waals surface area contributed by atoms with Crippen LogP contribution in [-0.4, -0.2) is 22.7 Å². The van der Waals surface area contributed by atoms with Gasteiger partial charge in [0, 0.05) is 25.0 Å². The Balaban J connectivity index is 2.53. The summed E-state index contributed by atoms with van der Waals surface area (Å²) in [4.78, 5) is 11.0. The maximum absolute atomic E-state index is 11.0. The molecule has 0 bridgehead atoms. The number of nitrogens with one attached hydrogen (secondary N) is 1. The van der Waals surface area contributed by atoms with E-state index in [1.807, 2.05) is 0 Å². The highest BCUT2D eigenvalue weighted by Gasteiger charge is 2.03. The predicted octanol–water partition coefficient (Wildman–Crippen LogP) is 0.185. The molecule has 0 aliphatic carbocycles. The van der Waals surface area contributed by atoms with Gasteiger partial charge in [-0.05, 0) is 6.07 Å². The van der Waals surface area contributed by atoms with Crippen molar-refractivity contribution in [2.45, 2.75) is 6.54 Å². The van der Waals surface area contributed by atoms with Crippen LogP contribution >= 0.6 is 0 Å². The zero-order valence-electron chi connectivity index (χ0n) is 6.95. The number of aromatic nitrogens is 2. The molecule has 0 radical (unpaired) electrons. The van der Waals surface area contributed by atoms with Gasteiger partial charge < -0.3 is 5.32 Å². The molecule has 4 nitrogen and oxygen atoms in total. The zero-order chi connectivity index (χ0) is 8.97. The van der Waals surface area contributed by atoms with Crippen LogP contribution in [0.3, 0.4) is 0 Å². The molecule has 0 aliphatic rings. The highest BCUT2D eigenvalue weighted by molar-refractivity contribution is 5.92. The van der Waals surface area contributed by atoms with Crippen molar-refractivity contribution in [3.05, 3.63) is 30.6 Å². The SMILES string of the molecule is C=C(Cn1cccn1)C(=O)NC. The summed E-state index contributed by atoms with van der Waals surface area (Å²) in [5.74, 6) is -0.148. The van der Waals surface area contributed by atoms with Gasteiger partial charge in [0.2, 0.25) is 5.91 Å². The Bertz CT molecular complexity index is 277. The van der Waals surface area contributed by atoms with Gasteiger partial charge in [-0.15, -0.1) is 0 Å². The lowest BCUT2D eigenvalue weighted by Gasteiger charge is -2.03. The quantitative estimate of drug-likeness (QED) is 0.650. The molecule has 0 atom stereocenters. The van der Waals surface area contributed by atoms with E-state index in [9.17, 15) is 4.79 Å². The molecule has 0 fully saturated rings. The number of nitrogens with zero attached hydrogens (tertiary/aromatic N) is 2. The lowest BCUT2D eigenvalue weighted by molar-refractivity contribution is -0.117. The summed E-state index contributed by atoms with van der Waals surface area (Å²) >= 11 is 0. The number of hydrogen-bond acceptors (Lipinski definition) is 2. The van der Waals surface area contributed by atoms with Crippen LogP contribution in [0.5, 0.6) is 0 Å². The van der Waals surface area contributed by atoms with Crippen LogP contribution in [-0.2, 0) is 11.3 Å². The molecule has 0 aliphatic heterocycles. The molecule has 12 heavy (non-hydrogen) atoms. The molecule has 64 valence electrons. The van der Waals surface area contributed by atoms with E-state index in [2.05, 4.69) is 17.0 Å². The molecule has 0 spiro atoms. The van der Waals surface area contributed by atoms with Crippen LogP contribution in [0.1, 0.15) is 0 Å². The van der Waals surface area contributed by atoms with Crippen molar-refractivity contribution in [2.24, 2.45) is 0 Å².